The van der Waals surface area contributed by atoms with Crippen LogP contribution in [0, 0.1) is 0 Å². The monoisotopic (exact) mass is 307 g/mol. The van der Waals surface area contributed by atoms with Gasteiger partial charge in [-0.3, -0.25) is 9.78 Å². The summed E-state index contributed by atoms with van der Waals surface area (Å²) in [4.78, 5) is 39.7. The number of hydrogen-bond acceptors (Lipinski definition) is 5. The molecule has 8 nitrogen and oxygen atoms in total. The molecule has 1 aliphatic rings. The van der Waals surface area contributed by atoms with Crippen LogP contribution in [0.3, 0.4) is 0 Å². The van der Waals surface area contributed by atoms with Gasteiger partial charge in [-0.2, -0.15) is 0 Å². The van der Waals surface area contributed by atoms with Crippen molar-refractivity contribution in [3.05, 3.63) is 41.0 Å². The number of fused-ring (bicyclic) bond motifs is 1. The third kappa shape index (κ3) is 2.45. The fraction of sp³-hybridized carbons (Fsp3) is 0.250. The molecule has 3 rings (SSSR count). The molecule has 0 radical (unpaired) electrons. The van der Waals surface area contributed by atoms with Crippen LogP contribution in [0.4, 0.5) is 0 Å². The van der Waals surface area contributed by atoms with E-state index >= 15 is 0 Å². The Morgan fingerprint density at radius 1 is 1.43 bits per heavy atom. The van der Waals surface area contributed by atoms with Crippen molar-refractivity contribution in [1.29, 1.82) is 0 Å². The molecule has 3 heterocycles. The molecule has 0 spiro atoms. The maximum Gasteiger partial charge on any atom is 0.326 e. The third-order valence-electron chi connectivity index (χ3n) is 3.27. The van der Waals surface area contributed by atoms with Crippen LogP contribution >= 0.6 is 11.6 Å². The van der Waals surface area contributed by atoms with Crippen LogP contribution in [0.2, 0.25) is 5.15 Å². The summed E-state index contributed by atoms with van der Waals surface area (Å²) in [5.74, 6) is -1.62. The van der Waals surface area contributed by atoms with Crippen molar-refractivity contribution in [2.75, 3.05) is 0 Å². The number of carbonyl (C=O) groups excluding carboxylic acids is 1. The number of imidazole rings is 1. The lowest BCUT2D eigenvalue weighted by atomic mass is 10.0. The third-order valence-corrected chi connectivity index (χ3v) is 3.45. The number of rotatable bonds is 2. The summed E-state index contributed by atoms with van der Waals surface area (Å²) in [5, 5.41) is 9.40. The number of carboxylic acid groups (broad SMARTS) is 1. The maximum absolute atomic E-state index is 12.5. The van der Waals surface area contributed by atoms with Gasteiger partial charge >= 0.3 is 5.97 Å². The number of aromatic amines is 1. The molecule has 1 unspecified atom stereocenters. The number of carboxylic acids is 1. The average Bonchev–Trinajstić information content (AvgIpc) is 2.92. The molecular formula is C12H10ClN5O3. The van der Waals surface area contributed by atoms with E-state index in [-0.39, 0.29) is 23.8 Å². The lowest BCUT2D eigenvalue weighted by Crippen LogP contribution is -2.49. The van der Waals surface area contributed by atoms with Crippen LogP contribution in [0.15, 0.2) is 18.7 Å². The van der Waals surface area contributed by atoms with E-state index in [1.165, 1.54) is 23.6 Å². The second-order valence-corrected chi connectivity index (χ2v) is 4.93. The molecular weight excluding hydrogens is 298 g/mol. The number of hydrogen-bond donors (Lipinski definition) is 2. The zero-order chi connectivity index (χ0) is 15.0. The van der Waals surface area contributed by atoms with E-state index in [0.717, 1.165) is 5.69 Å². The van der Waals surface area contributed by atoms with E-state index in [1.807, 2.05) is 0 Å². The number of H-pyrrole nitrogens is 1. The summed E-state index contributed by atoms with van der Waals surface area (Å²) in [6, 6.07) is -0.992. The van der Waals surface area contributed by atoms with Gasteiger partial charge in [0.2, 0.25) is 0 Å². The Hall–Kier alpha value is -2.48. The van der Waals surface area contributed by atoms with Crippen molar-refractivity contribution in [3.63, 3.8) is 0 Å². The van der Waals surface area contributed by atoms with Crippen molar-refractivity contribution in [2.24, 2.45) is 0 Å². The molecule has 0 fully saturated rings. The first-order valence-electron chi connectivity index (χ1n) is 6.08. The minimum atomic E-state index is -1.09. The summed E-state index contributed by atoms with van der Waals surface area (Å²) >= 11 is 5.71. The van der Waals surface area contributed by atoms with Crippen LogP contribution in [0.25, 0.3) is 0 Å². The fourth-order valence-electron chi connectivity index (χ4n) is 2.26. The number of aromatic nitrogens is 4. The van der Waals surface area contributed by atoms with E-state index in [2.05, 4.69) is 19.9 Å². The predicted molar refractivity (Wildman–Crippen MR) is 70.6 cm³/mol. The number of nitrogens with zero attached hydrogens (tertiary/aromatic N) is 4. The van der Waals surface area contributed by atoms with Crippen molar-refractivity contribution < 1.29 is 14.7 Å². The molecule has 1 amide bonds. The first-order valence-corrected chi connectivity index (χ1v) is 6.46. The second kappa shape index (κ2) is 5.13. The Morgan fingerprint density at radius 2 is 2.24 bits per heavy atom. The van der Waals surface area contributed by atoms with Gasteiger partial charge in [0, 0.05) is 6.42 Å². The molecule has 9 heteroatoms. The van der Waals surface area contributed by atoms with Crippen molar-refractivity contribution >= 4 is 23.5 Å². The highest BCUT2D eigenvalue weighted by molar-refractivity contribution is 6.29. The van der Waals surface area contributed by atoms with Gasteiger partial charge in [0.15, 0.2) is 0 Å². The largest absolute Gasteiger partial charge is 0.480 e. The normalized spacial score (nSPS) is 17.4. The van der Waals surface area contributed by atoms with Crippen LogP contribution in [0.5, 0.6) is 0 Å². The summed E-state index contributed by atoms with van der Waals surface area (Å²) in [6.07, 6.45) is 4.19. The number of amides is 1. The second-order valence-electron chi connectivity index (χ2n) is 4.55. The Kier molecular flexibility index (Phi) is 3.30. The molecule has 2 N–H and O–H groups in total. The van der Waals surface area contributed by atoms with Crippen LogP contribution in [-0.4, -0.2) is 47.9 Å². The van der Waals surface area contributed by atoms with Gasteiger partial charge in [0.1, 0.15) is 16.9 Å². The van der Waals surface area contributed by atoms with Gasteiger partial charge in [-0.25, -0.2) is 14.8 Å². The Morgan fingerprint density at radius 3 is 2.95 bits per heavy atom. The Bertz CT molecular complexity index is 716. The highest BCUT2D eigenvalue weighted by atomic mass is 35.5. The molecule has 1 aliphatic heterocycles. The zero-order valence-electron chi connectivity index (χ0n) is 10.7. The molecule has 21 heavy (non-hydrogen) atoms. The first kappa shape index (κ1) is 13.5. The van der Waals surface area contributed by atoms with E-state index < -0.39 is 17.9 Å². The first-order chi connectivity index (χ1) is 10.1. The van der Waals surface area contributed by atoms with Crippen molar-refractivity contribution in [1.82, 2.24) is 24.8 Å². The van der Waals surface area contributed by atoms with Crippen LogP contribution in [0.1, 0.15) is 21.9 Å². The minimum absolute atomic E-state index is 0.0108. The molecule has 0 bridgehead atoms. The molecule has 0 saturated heterocycles. The zero-order valence-corrected chi connectivity index (χ0v) is 11.4. The van der Waals surface area contributed by atoms with Gasteiger partial charge in [0.25, 0.3) is 5.91 Å². The summed E-state index contributed by atoms with van der Waals surface area (Å²) < 4.78 is 0. The SMILES string of the molecule is O=C(O)C1Cc2nc[nH]c2CN1C(=O)c1cncc(Cl)n1. The molecule has 2 aromatic rings. The fourth-order valence-corrected chi connectivity index (χ4v) is 2.41. The lowest BCUT2D eigenvalue weighted by molar-refractivity contribution is -0.142. The van der Waals surface area contributed by atoms with Crippen molar-refractivity contribution in [3.8, 4) is 0 Å². The van der Waals surface area contributed by atoms with Gasteiger partial charge in [0.05, 0.1) is 36.7 Å². The summed E-state index contributed by atoms with van der Waals surface area (Å²) in [7, 11) is 0. The molecule has 0 aliphatic carbocycles. The van der Waals surface area contributed by atoms with Crippen LogP contribution in [-0.2, 0) is 17.8 Å². The number of aliphatic carboxylic acids is 1. The number of carbonyl (C=O) groups is 2. The quantitative estimate of drug-likeness (QED) is 0.835. The molecule has 1 atom stereocenters. The van der Waals surface area contributed by atoms with Gasteiger partial charge in [-0.15, -0.1) is 0 Å². The van der Waals surface area contributed by atoms with Gasteiger partial charge in [-0.1, -0.05) is 11.6 Å². The molecule has 2 aromatic heterocycles. The minimum Gasteiger partial charge on any atom is -0.480 e. The number of nitrogens with one attached hydrogen (secondary N) is 1. The van der Waals surface area contributed by atoms with E-state index in [9.17, 15) is 14.7 Å². The predicted octanol–water partition coefficient (Wildman–Crippen LogP) is 0.505. The van der Waals surface area contributed by atoms with Gasteiger partial charge in [-0.05, 0) is 0 Å². The highest BCUT2D eigenvalue weighted by Crippen LogP contribution is 2.22. The topological polar surface area (TPSA) is 112 Å². The average molecular weight is 308 g/mol. The molecule has 0 aromatic carbocycles. The molecule has 108 valence electrons. The Labute approximate surface area is 123 Å². The summed E-state index contributed by atoms with van der Waals surface area (Å²) in [6.45, 7) is 0.124. The van der Waals surface area contributed by atoms with Crippen molar-refractivity contribution in [2.45, 2.75) is 19.0 Å². The Balaban J connectivity index is 1.95. The lowest BCUT2D eigenvalue weighted by Gasteiger charge is -2.31. The summed E-state index contributed by atoms with van der Waals surface area (Å²) in [5.41, 5.74) is 1.39. The van der Waals surface area contributed by atoms with E-state index in [1.54, 1.807) is 0 Å². The standard InChI is InChI=1S/C12H10ClN5O3/c13-10-3-14-2-7(17-10)11(19)18-4-8-6(15-5-16-8)1-9(18)12(20)21/h2-3,5,9H,1,4H2,(H,15,16)(H,20,21). The maximum atomic E-state index is 12.5. The van der Waals surface area contributed by atoms with Gasteiger partial charge < -0.3 is 15.0 Å². The molecule has 0 saturated carbocycles. The number of halogens is 1. The highest BCUT2D eigenvalue weighted by Gasteiger charge is 2.36. The van der Waals surface area contributed by atoms with E-state index in [4.69, 9.17) is 11.6 Å². The van der Waals surface area contributed by atoms with E-state index in [0.29, 0.717) is 5.69 Å². The smallest absolute Gasteiger partial charge is 0.326 e. The van der Waals surface area contributed by atoms with Crippen LogP contribution < -0.4 is 0 Å².